The van der Waals surface area contributed by atoms with Gasteiger partial charge in [0.2, 0.25) is 5.91 Å². The van der Waals surface area contributed by atoms with Crippen molar-refractivity contribution >= 4 is 33.0 Å². The number of aromatic hydroxyl groups is 2. The zero-order valence-electron chi connectivity index (χ0n) is 11.2. The van der Waals surface area contributed by atoms with Crippen LogP contribution in [0.1, 0.15) is 0 Å². The summed E-state index contributed by atoms with van der Waals surface area (Å²) in [6.07, 6.45) is 0. The number of rotatable bonds is 4. The third kappa shape index (κ3) is 3.69. The van der Waals surface area contributed by atoms with Crippen LogP contribution in [-0.4, -0.2) is 30.3 Å². The molecule has 0 aromatic heterocycles. The first-order valence-electron chi connectivity index (χ1n) is 6.09. The van der Waals surface area contributed by atoms with Gasteiger partial charge in [-0.15, -0.1) is 0 Å². The topological polar surface area (TPSA) is 104 Å². The molecule has 2 rings (SSSR count). The molecule has 6 nitrogen and oxygen atoms in total. The van der Waals surface area contributed by atoms with E-state index in [0.29, 0.717) is 0 Å². The highest BCUT2D eigenvalue weighted by Gasteiger charge is 2.20. The predicted octanol–water partition coefficient (Wildman–Crippen LogP) is 2.16. The molecule has 0 bridgehead atoms. The van der Waals surface area contributed by atoms with Crippen LogP contribution in [0.5, 0.6) is 11.5 Å². The summed E-state index contributed by atoms with van der Waals surface area (Å²) in [7, 11) is -3.79. The van der Waals surface area contributed by atoms with Crippen molar-refractivity contribution in [2.75, 3.05) is 11.1 Å². The monoisotopic (exact) mass is 341 g/mol. The Kier molecular flexibility index (Phi) is 4.58. The Bertz CT molecular complexity index is 805. The lowest BCUT2D eigenvalue weighted by Gasteiger charge is -2.09. The summed E-state index contributed by atoms with van der Waals surface area (Å²) >= 11 is 5.67. The van der Waals surface area contributed by atoms with E-state index in [1.54, 1.807) is 18.2 Å². The SMILES string of the molecule is O=C(CS(=O)(=O)c1ccccc1)Nc1cc(Cl)c(O)cc1O. The molecule has 0 saturated carbocycles. The number of carbonyl (C=O) groups is 1. The van der Waals surface area contributed by atoms with E-state index in [0.717, 1.165) is 12.1 Å². The zero-order chi connectivity index (χ0) is 16.3. The lowest BCUT2D eigenvalue weighted by atomic mass is 10.2. The molecular formula is C14H12ClNO5S. The van der Waals surface area contributed by atoms with Crippen LogP contribution in [0.25, 0.3) is 0 Å². The highest BCUT2D eigenvalue weighted by molar-refractivity contribution is 7.92. The molecular weight excluding hydrogens is 330 g/mol. The van der Waals surface area contributed by atoms with Crippen LogP contribution in [0.4, 0.5) is 5.69 Å². The van der Waals surface area contributed by atoms with Crippen LogP contribution in [0, 0.1) is 0 Å². The van der Waals surface area contributed by atoms with Crippen molar-refractivity contribution in [1.29, 1.82) is 0 Å². The second-order valence-corrected chi connectivity index (χ2v) is 6.84. The quantitative estimate of drug-likeness (QED) is 0.584. The van der Waals surface area contributed by atoms with Gasteiger partial charge in [-0.25, -0.2) is 8.42 Å². The van der Waals surface area contributed by atoms with Crippen molar-refractivity contribution in [2.24, 2.45) is 0 Å². The molecule has 0 heterocycles. The van der Waals surface area contributed by atoms with Gasteiger partial charge in [-0.3, -0.25) is 4.79 Å². The molecule has 1 amide bonds. The molecule has 3 N–H and O–H groups in total. The molecule has 116 valence electrons. The zero-order valence-corrected chi connectivity index (χ0v) is 12.7. The molecule has 0 spiro atoms. The number of benzene rings is 2. The minimum atomic E-state index is -3.79. The average molecular weight is 342 g/mol. The van der Waals surface area contributed by atoms with Crippen LogP contribution in [0.3, 0.4) is 0 Å². The van der Waals surface area contributed by atoms with Gasteiger partial charge in [-0.05, 0) is 18.2 Å². The fourth-order valence-electron chi connectivity index (χ4n) is 1.72. The minimum absolute atomic E-state index is 0.0260. The molecule has 0 atom stereocenters. The third-order valence-electron chi connectivity index (χ3n) is 2.76. The van der Waals surface area contributed by atoms with E-state index in [1.165, 1.54) is 12.1 Å². The second kappa shape index (κ2) is 6.25. The third-order valence-corrected chi connectivity index (χ3v) is 4.70. The van der Waals surface area contributed by atoms with Crippen LogP contribution in [0.2, 0.25) is 5.02 Å². The summed E-state index contributed by atoms with van der Waals surface area (Å²) < 4.78 is 24.1. The molecule has 0 saturated heterocycles. The number of phenols is 2. The standard InChI is InChI=1S/C14H12ClNO5S/c15-10-6-11(13(18)7-12(10)17)16-14(19)8-22(20,21)9-4-2-1-3-5-9/h1-7,17-18H,8H2,(H,16,19). The summed E-state index contributed by atoms with van der Waals surface area (Å²) in [5.41, 5.74) is -0.0870. The van der Waals surface area contributed by atoms with Gasteiger partial charge >= 0.3 is 0 Å². The number of nitrogens with one attached hydrogen (secondary N) is 1. The molecule has 22 heavy (non-hydrogen) atoms. The van der Waals surface area contributed by atoms with Gasteiger partial charge in [0.1, 0.15) is 17.3 Å². The largest absolute Gasteiger partial charge is 0.506 e. The van der Waals surface area contributed by atoms with Gasteiger partial charge in [-0.2, -0.15) is 0 Å². The van der Waals surface area contributed by atoms with Crippen molar-refractivity contribution in [2.45, 2.75) is 4.90 Å². The van der Waals surface area contributed by atoms with E-state index in [4.69, 9.17) is 11.6 Å². The van der Waals surface area contributed by atoms with Crippen LogP contribution >= 0.6 is 11.6 Å². The second-order valence-electron chi connectivity index (χ2n) is 4.44. The molecule has 0 aliphatic carbocycles. The molecule has 2 aromatic carbocycles. The smallest absolute Gasteiger partial charge is 0.240 e. The normalized spacial score (nSPS) is 11.1. The van der Waals surface area contributed by atoms with Crippen LogP contribution in [0.15, 0.2) is 47.4 Å². The van der Waals surface area contributed by atoms with Gasteiger partial charge in [-0.1, -0.05) is 29.8 Å². The number of phenolic OH excluding ortho intramolecular Hbond substituents is 2. The average Bonchev–Trinajstić information content (AvgIpc) is 2.45. The Hall–Kier alpha value is -2.25. The van der Waals surface area contributed by atoms with Gasteiger partial charge in [0.15, 0.2) is 9.84 Å². The highest BCUT2D eigenvalue weighted by Crippen LogP contribution is 2.34. The van der Waals surface area contributed by atoms with E-state index in [9.17, 15) is 23.4 Å². The fourth-order valence-corrected chi connectivity index (χ4v) is 3.04. The molecule has 0 fully saturated rings. The van der Waals surface area contributed by atoms with Crippen LogP contribution in [-0.2, 0) is 14.6 Å². The highest BCUT2D eigenvalue weighted by atomic mass is 35.5. The first kappa shape index (κ1) is 16.1. The predicted molar refractivity (Wildman–Crippen MR) is 81.9 cm³/mol. The Morgan fingerprint density at radius 3 is 2.36 bits per heavy atom. The van der Waals surface area contributed by atoms with Crippen molar-refractivity contribution in [3.8, 4) is 11.5 Å². The Balaban J connectivity index is 2.16. The maximum absolute atomic E-state index is 12.0. The first-order valence-corrected chi connectivity index (χ1v) is 8.12. The fraction of sp³-hybridized carbons (Fsp3) is 0.0714. The van der Waals surface area contributed by atoms with E-state index in [1.807, 2.05) is 0 Å². The van der Waals surface area contributed by atoms with Crippen molar-refractivity contribution in [3.05, 3.63) is 47.5 Å². The first-order chi connectivity index (χ1) is 10.3. The van der Waals surface area contributed by atoms with Gasteiger partial charge in [0, 0.05) is 6.07 Å². The molecule has 0 unspecified atom stereocenters. The van der Waals surface area contributed by atoms with E-state index in [-0.39, 0.29) is 21.4 Å². The molecule has 0 aliphatic heterocycles. The maximum Gasteiger partial charge on any atom is 0.240 e. The lowest BCUT2D eigenvalue weighted by Crippen LogP contribution is -2.23. The van der Waals surface area contributed by atoms with Gasteiger partial charge in [0.05, 0.1) is 15.6 Å². The summed E-state index contributed by atoms with van der Waals surface area (Å²) in [5, 5.41) is 21.0. The van der Waals surface area contributed by atoms with Crippen LogP contribution < -0.4 is 5.32 Å². The molecule has 8 heteroatoms. The van der Waals surface area contributed by atoms with Gasteiger partial charge < -0.3 is 15.5 Å². The summed E-state index contributed by atoms with van der Waals surface area (Å²) in [4.78, 5) is 11.9. The van der Waals surface area contributed by atoms with E-state index in [2.05, 4.69) is 5.32 Å². The van der Waals surface area contributed by atoms with Gasteiger partial charge in [0.25, 0.3) is 0 Å². The lowest BCUT2D eigenvalue weighted by molar-refractivity contribution is -0.113. The Morgan fingerprint density at radius 2 is 1.73 bits per heavy atom. The summed E-state index contributed by atoms with van der Waals surface area (Å²) in [6, 6.07) is 9.61. The maximum atomic E-state index is 12.0. The molecule has 0 radical (unpaired) electrons. The van der Waals surface area contributed by atoms with E-state index < -0.39 is 27.2 Å². The Morgan fingerprint density at radius 1 is 1.09 bits per heavy atom. The number of hydrogen-bond donors (Lipinski definition) is 3. The number of halogens is 1. The summed E-state index contributed by atoms with van der Waals surface area (Å²) in [5.74, 6) is -2.39. The number of sulfone groups is 1. The minimum Gasteiger partial charge on any atom is -0.506 e. The van der Waals surface area contributed by atoms with Crippen molar-refractivity contribution in [3.63, 3.8) is 0 Å². The van der Waals surface area contributed by atoms with E-state index >= 15 is 0 Å². The summed E-state index contributed by atoms with van der Waals surface area (Å²) in [6.45, 7) is 0. The Labute approximate surface area is 131 Å². The molecule has 2 aromatic rings. The number of anilines is 1. The molecule has 0 aliphatic rings. The van der Waals surface area contributed by atoms with Crippen molar-refractivity contribution in [1.82, 2.24) is 0 Å². The number of hydrogen-bond acceptors (Lipinski definition) is 5. The van der Waals surface area contributed by atoms with Crippen molar-refractivity contribution < 1.29 is 23.4 Å². The number of amides is 1. The number of carbonyl (C=O) groups excluding carboxylic acids is 1.